The summed E-state index contributed by atoms with van der Waals surface area (Å²) in [7, 11) is 3.35. The van der Waals surface area contributed by atoms with Crippen LogP contribution in [-0.2, 0) is 7.05 Å². The Morgan fingerprint density at radius 2 is 2.17 bits per heavy atom. The van der Waals surface area contributed by atoms with E-state index in [-0.39, 0.29) is 5.78 Å². The Hall–Kier alpha value is -2.30. The van der Waals surface area contributed by atoms with Gasteiger partial charge in [0.25, 0.3) is 0 Å². The molecule has 94 valence electrons. The molecule has 2 N–H and O–H groups in total. The molecule has 0 atom stereocenters. The van der Waals surface area contributed by atoms with Crippen molar-refractivity contribution in [2.24, 2.45) is 7.05 Å². The van der Waals surface area contributed by atoms with E-state index in [1.165, 1.54) is 0 Å². The number of hydrogen-bond acceptors (Lipinski definition) is 4. The van der Waals surface area contributed by atoms with Crippen LogP contribution >= 0.6 is 0 Å². The van der Waals surface area contributed by atoms with E-state index in [4.69, 9.17) is 10.5 Å². The molecular formula is C13H15N3O2. The molecule has 0 bridgehead atoms. The number of benzene rings is 1. The second kappa shape index (κ2) is 4.52. The zero-order valence-corrected chi connectivity index (χ0v) is 10.6. The lowest BCUT2D eigenvalue weighted by Crippen LogP contribution is -2.10. The molecule has 0 aliphatic rings. The highest BCUT2D eigenvalue weighted by Gasteiger charge is 2.17. The second-order valence-corrected chi connectivity index (χ2v) is 4.03. The van der Waals surface area contributed by atoms with Crippen LogP contribution in [0.4, 0.5) is 5.69 Å². The summed E-state index contributed by atoms with van der Waals surface area (Å²) in [5, 5.41) is 0. The minimum absolute atomic E-state index is 0.158. The molecule has 0 fully saturated rings. The number of anilines is 1. The number of hydrogen-bond donors (Lipinski definition) is 1. The number of aromatic nitrogens is 2. The fourth-order valence-corrected chi connectivity index (χ4v) is 1.71. The average molecular weight is 245 g/mol. The first-order valence-corrected chi connectivity index (χ1v) is 5.51. The van der Waals surface area contributed by atoms with E-state index in [1.807, 2.05) is 6.92 Å². The Bertz CT molecular complexity index is 602. The molecule has 0 unspecified atom stereocenters. The lowest BCUT2D eigenvalue weighted by molar-refractivity contribution is 0.103. The number of imidazole rings is 1. The molecule has 0 aliphatic heterocycles. The zero-order valence-electron chi connectivity index (χ0n) is 10.6. The maximum absolute atomic E-state index is 12.4. The number of nitrogen functional groups attached to an aromatic ring is 1. The topological polar surface area (TPSA) is 70.1 Å². The van der Waals surface area contributed by atoms with Gasteiger partial charge >= 0.3 is 0 Å². The number of carbonyl (C=O) groups excluding carboxylic acids is 1. The lowest BCUT2D eigenvalue weighted by Gasteiger charge is -2.08. The number of methoxy groups -OCH3 is 1. The number of ether oxygens (including phenoxy) is 1. The lowest BCUT2D eigenvalue weighted by atomic mass is 10.1. The number of ketones is 1. The molecule has 1 heterocycles. The van der Waals surface area contributed by atoms with Gasteiger partial charge in [-0.15, -0.1) is 0 Å². The first-order chi connectivity index (χ1) is 8.54. The van der Waals surface area contributed by atoms with Gasteiger partial charge in [0.2, 0.25) is 5.78 Å². The summed E-state index contributed by atoms with van der Waals surface area (Å²) >= 11 is 0. The molecule has 1 aromatic carbocycles. The monoisotopic (exact) mass is 245 g/mol. The number of carbonyl (C=O) groups is 1. The summed E-state index contributed by atoms with van der Waals surface area (Å²) in [6.45, 7) is 1.84. The van der Waals surface area contributed by atoms with Gasteiger partial charge in [0.05, 0.1) is 18.9 Å². The molecule has 18 heavy (non-hydrogen) atoms. The van der Waals surface area contributed by atoms with Crippen LogP contribution in [0.25, 0.3) is 0 Å². The largest absolute Gasteiger partial charge is 0.497 e. The van der Waals surface area contributed by atoms with E-state index >= 15 is 0 Å². The normalized spacial score (nSPS) is 10.4. The Morgan fingerprint density at radius 1 is 1.44 bits per heavy atom. The Balaban J connectivity index is 2.49. The molecule has 1 aromatic heterocycles. The van der Waals surface area contributed by atoms with Crippen LogP contribution in [0, 0.1) is 6.92 Å². The van der Waals surface area contributed by atoms with Gasteiger partial charge in [0, 0.05) is 12.7 Å². The van der Waals surface area contributed by atoms with E-state index in [1.54, 1.807) is 43.1 Å². The molecule has 5 heteroatoms. The Morgan fingerprint density at radius 3 is 2.72 bits per heavy atom. The highest BCUT2D eigenvalue weighted by Crippen LogP contribution is 2.22. The van der Waals surface area contributed by atoms with Crippen molar-refractivity contribution in [1.29, 1.82) is 0 Å². The van der Waals surface area contributed by atoms with Gasteiger partial charge in [0.1, 0.15) is 17.3 Å². The summed E-state index contributed by atoms with van der Waals surface area (Å²) in [6, 6.07) is 5.02. The summed E-state index contributed by atoms with van der Waals surface area (Å²) < 4.78 is 6.84. The smallest absolute Gasteiger partial charge is 0.213 e. The predicted octanol–water partition coefficient (Wildman–Crippen LogP) is 1.55. The molecule has 0 aliphatic carbocycles. The molecule has 2 aromatic rings. The zero-order chi connectivity index (χ0) is 13.3. The molecule has 0 amide bonds. The van der Waals surface area contributed by atoms with Crippen molar-refractivity contribution >= 4 is 11.5 Å². The first kappa shape index (κ1) is 12.2. The Kier molecular flexibility index (Phi) is 3.06. The van der Waals surface area contributed by atoms with Crippen molar-refractivity contribution in [3.63, 3.8) is 0 Å². The second-order valence-electron chi connectivity index (χ2n) is 4.03. The van der Waals surface area contributed by atoms with Crippen LogP contribution in [0.2, 0.25) is 0 Å². The predicted molar refractivity (Wildman–Crippen MR) is 68.8 cm³/mol. The van der Waals surface area contributed by atoms with Crippen molar-refractivity contribution in [1.82, 2.24) is 9.55 Å². The van der Waals surface area contributed by atoms with E-state index in [0.717, 1.165) is 5.82 Å². The standard InChI is InChI=1S/C13H15N3O2/c1-8-15-7-12(16(8)2)13(17)10-6-9(18-3)4-5-11(10)14/h4-7H,14H2,1-3H3. The van der Waals surface area contributed by atoms with Crippen LogP contribution in [0.15, 0.2) is 24.4 Å². The average Bonchev–Trinajstić information content (AvgIpc) is 2.70. The van der Waals surface area contributed by atoms with Gasteiger partial charge in [-0.2, -0.15) is 0 Å². The highest BCUT2D eigenvalue weighted by molar-refractivity contribution is 6.11. The van der Waals surface area contributed by atoms with Gasteiger partial charge in [-0.3, -0.25) is 4.79 Å². The van der Waals surface area contributed by atoms with Crippen LogP contribution in [0.5, 0.6) is 5.75 Å². The van der Waals surface area contributed by atoms with Crippen LogP contribution in [0.1, 0.15) is 21.9 Å². The van der Waals surface area contributed by atoms with Crippen molar-refractivity contribution in [2.45, 2.75) is 6.92 Å². The molecule has 0 saturated carbocycles. The molecule has 2 rings (SSSR count). The maximum Gasteiger partial charge on any atom is 0.213 e. The number of nitrogens with zero attached hydrogens (tertiary/aromatic N) is 2. The SMILES string of the molecule is COc1ccc(N)c(C(=O)c2cnc(C)n2C)c1. The first-order valence-electron chi connectivity index (χ1n) is 5.51. The van der Waals surface area contributed by atoms with E-state index in [9.17, 15) is 4.79 Å². The maximum atomic E-state index is 12.4. The third-order valence-corrected chi connectivity index (χ3v) is 2.96. The highest BCUT2D eigenvalue weighted by atomic mass is 16.5. The number of aryl methyl sites for hydroxylation is 1. The minimum Gasteiger partial charge on any atom is -0.497 e. The summed E-state index contributed by atoms with van der Waals surface area (Å²) in [6.07, 6.45) is 1.55. The van der Waals surface area contributed by atoms with Crippen LogP contribution in [-0.4, -0.2) is 22.4 Å². The molecule has 5 nitrogen and oxygen atoms in total. The third kappa shape index (κ3) is 1.95. The summed E-state index contributed by atoms with van der Waals surface area (Å²) in [5.41, 5.74) is 7.20. The third-order valence-electron chi connectivity index (χ3n) is 2.96. The van der Waals surface area contributed by atoms with Crippen molar-refractivity contribution in [3.05, 3.63) is 41.5 Å². The van der Waals surface area contributed by atoms with Gasteiger partial charge in [-0.25, -0.2) is 4.98 Å². The van der Waals surface area contributed by atoms with E-state index in [0.29, 0.717) is 22.7 Å². The van der Waals surface area contributed by atoms with Gasteiger partial charge < -0.3 is 15.0 Å². The van der Waals surface area contributed by atoms with Crippen molar-refractivity contribution < 1.29 is 9.53 Å². The van der Waals surface area contributed by atoms with Crippen molar-refractivity contribution in [2.75, 3.05) is 12.8 Å². The molecule has 0 saturated heterocycles. The molecule has 0 spiro atoms. The fraction of sp³-hybridized carbons (Fsp3) is 0.231. The van der Waals surface area contributed by atoms with E-state index < -0.39 is 0 Å². The molecule has 0 radical (unpaired) electrons. The van der Waals surface area contributed by atoms with Crippen LogP contribution < -0.4 is 10.5 Å². The minimum atomic E-state index is -0.158. The molecular weight excluding hydrogens is 230 g/mol. The summed E-state index contributed by atoms with van der Waals surface area (Å²) in [5.74, 6) is 1.22. The van der Waals surface area contributed by atoms with Crippen LogP contribution in [0.3, 0.4) is 0 Å². The van der Waals surface area contributed by atoms with Crippen molar-refractivity contribution in [3.8, 4) is 5.75 Å². The van der Waals surface area contributed by atoms with Gasteiger partial charge in [-0.1, -0.05) is 0 Å². The fourth-order valence-electron chi connectivity index (χ4n) is 1.71. The van der Waals surface area contributed by atoms with Gasteiger partial charge in [0.15, 0.2) is 0 Å². The quantitative estimate of drug-likeness (QED) is 0.658. The number of rotatable bonds is 3. The summed E-state index contributed by atoms with van der Waals surface area (Å²) in [4.78, 5) is 16.5. The van der Waals surface area contributed by atoms with Gasteiger partial charge in [-0.05, 0) is 25.1 Å². The number of nitrogens with two attached hydrogens (primary N) is 1. The Labute approximate surface area is 105 Å². The van der Waals surface area contributed by atoms with E-state index in [2.05, 4.69) is 4.98 Å².